The molecular formula is C11H14ClNO2S. The Hall–Kier alpha value is -0.870. The van der Waals surface area contributed by atoms with Gasteiger partial charge in [0, 0.05) is 11.8 Å². The highest BCUT2D eigenvalue weighted by Crippen LogP contribution is 2.24. The summed E-state index contributed by atoms with van der Waals surface area (Å²) in [5, 5.41) is 12.5. The number of hydrogen-bond acceptors (Lipinski definition) is 3. The van der Waals surface area contributed by atoms with Crippen molar-refractivity contribution in [2.24, 2.45) is 0 Å². The van der Waals surface area contributed by atoms with Crippen LogP contribution in [0.15, 0.2) is 18.2 Å². The Morgan fingerprint density at radius 2 is 2.31 bits per heavy atom. The minimum absolute atomic E-state index is 0.202. The maximum absolute atomic E-state index is 10.7. The van der Waals surface area contributed by atoms with Crippen LogP contribution >= 0.6 is 23.4 Å². The van der Waals surface area contributed by atoms with E-state index in [0.717, 1.165) is 11.4 Å². The minimum Gasteiger partial charge on any atom is -0.478 e. The summed E-state index contributed by atoms with van der Waals surface area (Å²) in [6.07, 6.45) is 2.04. The number of halogens is 1. The third-order valence-electron chi connectivity index (χ3n) is 2.03. The van der Waals surface area contributed by atoms with Crippen LogP contribution in [-0.4, -0.2) is 29.1 Å². The third-order valence-corrected chi connectivity index (χ3v) is 3.18. The number of thioether (sulfide) groups is 1. The molecule has 0 heterocycles. The van der Waals surface area contributed by atoms with Gasteiger partial charge >= 0.3 is 5.97 Å². The highest BCUT2D eigenvalue weighted by atomic mass is 35.5. The molecule has 2 N–H and O–H groups in total. The van der Waals surface area contributed by atoms with Crippen molar-refractivity contribution in [1.29, 1.82) is 0 Å². The maximum Gasteiger partial charge on any atom is 0.335 e. The lowest BCUT2D eigenvalue weighted by Gasteiger charge is -2.15. The van der Waals surface area contributed by atoms with E-state index >= 15 is 0 Å². The molecule has 1 atom stereocenters. The van der Waals surface area contributed by atoms with Crippen molar-refractivity contribution in [3.8, 4) is 0 Å². The zero-order chi connectivity index (χ0) is 12.1. The molecule has 16 heavy (non-hydrogen) atoms. The van der Waals surface area contributed by atoms with E-state index in [2.05, 4.69) is 12.2 Å². The van der Waals surface area contributed by atoms with Crippen molar-refractivity contribution in [2.45, 2.75) is 13.0 Å². The Morgan fingerprint density at radius 1 is 1.62 bits per heavy atom. The van der Waals surface area contributed by atoms with Crippen molar-refractivity contribution in [2.75, 3.05) is 17.3 Å². The molecule has 0 aliphatic heterocycles. The quantitative estimate of drug-likeness (QED) is 0.853. The standard InChI is InChI=1S/C11H14ClNO2S/c1-7(6-16-2)13-10-4-3-8(11(14)15)5-9(10)12/h3-5,7,13H,6H2,1-2H3,(H,14,15). The Bertz CT molecular complexity index is 384. The number of aromatic carboxylic acids is 1. The van der Waals surface area contributed by atoms with Gasteiger partial charge in [-0.15, -0.1) is 0 Å². The Kier molecular flexibility index (Phi) is 4.96. The molecule has 0 aromatic heterocycles. The van der Waals surface area contributed by atoms with Crippen LogP contribution in [0.4, 0.5) is 5.69 Å². The van der Waals surface area contributed by atoms with Crippen LogP contribution < -0.4 is 5.32 Å². The van der Waals surface area contributed by atoms with Gasteiger partial charge in [-0.25, -0.2) is 4.79 Å². The van der Waals surface area contributed by atoms with Gasteiger partial charge in [-0.2, -0.15) is 11.8 Å². The molecule has 0 bridgehead atoms. The highest BCUT2D eigenvalue weighted by Gasteiger charge is 2.08. The molecule has 0 aliphatic rings. The molecule has 0 amide bonds. The van der Waals surface area contributed by atoms with Crippen molar-refractivity contribution >= 4 is 35.0 Å². The molecule has 0 saturated carbocycles. The zero-order valence-electron chi connectivity index (χ0n) is 9.16. The normalized spacial score (nSPS) is 12.2. The maximum atomic E-state index is 10.7. The van der Waals surface area contributed by atoms with Crippen LogP contribution in [0.1, 0.15) is 17.3 Å². The van der Waals surface area contributed by atoms with E-state index in [0.29, 0.717) is 11.1 Å². The molecule has 1 aromatic carbocycles. The Labute approximate surface area is 104 Å². The molecule has 1 aromatic rings. The van der Waals surface area contributed by atoms with Gasteiger partial charge in [-0.3, -0.25) is 0 Å². The number of rotatable bonds is 5. The van der Waals surface area contributed by atoms with Crippen LogP contribution in [0.3, 0.4) is 0 Å². The first kappa shape index (κ1) is 13.2. The molecule has 3 nitrogen and oxygen atoms in total. The van der Waals surface area contributed by atoms with Crippen LogP contribution in [0.25, 0.3) is 0 Å². The topological polar surface area (TPSA) is 49.3 Å². The lowest BCUT2D eigenvalue weighted by atomic mass is 10.2. The predicted molar refractivity (Wildman–Crippen MR) is 69.9 cm³/mol. The van der Waals surface area contributed by atoms with E-state index in [1.54, 1.807) is 23.9 Å². The first-order valence-corrected chi connectivity index (χ1v) is 6.60. The summed E-state index contributed by atoms with van der Waals surface area (Å²) >= 11 is 7.73. The van der Waals surface area contributed by atoms with E-state index in [1.807, 2.05) is 6.26 Å². The Balaban J connectivity index is 2.79. The fourth-order valence-corrected chi connectivity index (χ4v) is 2.14. The number of hydrogen-bond donors (Lipinski definition) is 2. The van der Waals surface area contributed by atoms with Crippen LogP contribution in [0.5, 0.6) is 0 Å². The first-order chi connectivity index (χ1) is 7.54. The molecule has 0 radical (unpaired) electrons. The second kappa shape index (κ2) is 6.01. The van der Waals surface area contributed by atoms with Crippen LogP contribution in [-0.2, 0) is 0 Å². The van der Waals surface area contributed by atoms with Crippen molar-refractivity contribution in [3.63, 3.8) is 0 Å². The van der Waals surface area contributed by atoms with E-state index < -0.39 is 5.97 Å². The lowest BCUT2D eigenvalue weighted by Crippen LogP contribution is -2.18. The fourth-order valence-electron chi connectivity index (χ4n) is 1.32. The van der Waals surface area contributed by atoms with E-state index in [1.165, 1.54) is 6.07 Å². The van der Waals surface area contributed by atoms with Crippen LogP contribution in [0.2, 0.25) is 5.02 Å². The number of carbonyl (C=O) groups is 1. The molecule has 0 fully saturated rings. The summed E-state index contributed by atoms with van der Waals surface area (Å²) in [7, 11) is 0. The van der Waals surface area contributed by atoms with Gasteiger partial charge in [0.15, 0.2) is 0 Å². The number of anilines is 1. The SMILES string of the molecule is CSCC(C)Nc1ccc(C(=O)O)cc1Cl. The molecule has 1 unspecified atom stereocenters. The van der Waals surface area contributed by atoms with Gasteiger partial charge < -0.3 is 10.4 Å². The van der Waals surface area contributed by atoms with Gasteiger partial charge in [0.1, 0.15) is 0 Å². The van der Waals surface area contributed by atoms with E-state index in [-0.39, 0.29) is 5.56 Å². The van der Waals surface area contributed by atoms with Crippen molar-refractivity contribution in [1.82, 2.24) is 0 Å². The third kappa shape index (κ3) is 3.61. The average Bonchev–Trinajstić information content (AvgIpc) is 2.21. The van der Waals surface area contributed by atoms with E-state index in [9.17, 15) is 4.79 Å². The summed E-state index contributed by atoms with van der Waals surface area (Å²) in [4.78, 5) is 10.7. The van der Waals surface area contributed by atoms with Crippen molar-refractivity contribution in [3.05, 3.63) is 28.8 Å². The zero-order valence-corrected chi connectivity index (χ0v) is 10.7. The molecule has 0 saturated heterocycles. The summed E-state index contributed by atoms with van der Waals surface area (Å²) in [5.74, 6) is 0.00223. The second-order valence-corrected chi connectivity index (χ2v) is 4.82. The second-order valence-electron chi connectivity index (χ2n) is 3.50. The molecule has 5 heteroatoms. The predicted octanol–water partition coefficient (Wildman–Crippen LogP) is 3.20. The largest absolute Gasteiger partial charge is 0.478 e. The number of benzene rings is 1. The van der Waals surface area contributed by atoms with Crippen LogP contribution in [0, 0.1) is 0 Å². The molecule has 1 rings (SSSR count). The highest BCUT2D eigenvalue weighted by molar-refractivity contribution is 7.98. The molecule has 0 aliphatic carbocycles. The first-order valence-electron chi connectivity index (χ1n) is 4.83. The van der Waals surface area contributed by atoms with Gasteiger partial charge in [0.05, 0.1) is 16.3 Å². The number of carboxylic acid groups (broad SMARTS) is 1. The Morgan fingerprint density at radius 3 is 2.81 bits per heavy atom. The lowest BCUT2D eigenvalue weighted by molar-refractivity contribution is 0.0697. The van der Waals surface area contributed by atoms with Gasteiger partial charge in [-0.1, -0.05) is 11.6 Å². The minimum atomic E-state index is -0.967. The van der Waals surface area contributed by atoms with Gasteiger partial charge in [0.25, 0.3) is 0 Å². The number of carboxylic acids is 1. The summed E-state index contributed by atoms with van der Waals surface area (Å²) in [6, 6.07) is 4.99. The average molecular weight is 260 g/mol. The summed E-state index contributed by atoms with van der Waals surface area (Å²) in [6.45, 7) is 2.05. The molecule has 88 valence electrons. The smallest absolute Gasteiger partial charge is 0.335 e. The fraction of sp³-hybridized carbons (Fsp3) is 0.364. The van der Waals surface area contributed by atoms with Gasteiger partial charge in [-0.05, 0) is 31.4 Å². The van der Waals surface area contributed by atoms with Gasteiger partial charge in [0.2, 0.25) is 0 Å². The molecule has 0 spiro atoms. The summed E-state index contributed by atoms with van der Waals surface area (Å²) < 4.78 is 0. The van der Waals surface area contributed by atoms with Crippen molar-refractivity contribution < 1.29 is 9.90 Å². The van der Waals surface area contributed by atoms with E-state index in [4.69, 9.17) is 16.7 Å². The molecular weight excluding hydrogens is 246 g/mol. The number of nitrogens with one attached hydrogen (secondary N) is 1. The monoisotopic (exact) mass is 259 g/mol. The summed E-state index contributed by atoms with van der Waals surface area (Å²) in [5.41, 5.74) is 0.973.